The number of rotatable bonds is 5. The minimum absolute atomic E-state index is 0.0547. The van der Waals surface area contributed by atoms with Gasteiger partial charge in [-0.25, -0.2) is 4.79 Å². The van der Waals surface area contributed by atoms with Crippen LogP contribution in [-0.4, -0.2) is 42.2 Å². The number of ether oxygens (including phenoxy) is 1. The third kappa shape index (κ3) is 3.81. The lowest BCUT2D eigenvalue weighted by Crippen LogP contribution is -2.48. The minimum atomic E-state index is -1.53. The molecule has 1 N–H and O–H groups in total. The summed E-state index contributed by atoms with van der Waals surface area (Å²) in [5, 5.41) is 11.6. The number of carbonyl (C=O) groups is 1. The molecule has 2 aliphatic carbocycles. The van der Waals surface area contributed by atoms with Gasteiger partial charge < -0.3 is 14.7 Å². The number of aliphatic hydroxyl groups is 1. The van der Waals surface area contributed by atoms with Crippen LogP contribution < -0.4 is 0 Å². The zero-order valence-corrected chi connectivity index (χ0v) is 16.4. The van der Waals surface area contributed by atoms with Crippen LogP contribution >= 0.6 is 0 Å². The van der Waals surface area contributed by atoms with E-state index in [1.807, 2.05) is 30.3 Å². The van der Waals surface area contributed by atoms with E-state index in [-0.39, 0.29) is 12.0 Å². The average Bonchev–Trinajstić information content (AvgIpc) is 3.18. The Bertz CT molecular complexity index is 597. The zero-order valence-electron chi connectivity index (χ0n) is 16.4. The molecule has 26 heavy (non-hydrogen) atoms. The first-order chi connectivity index (χ1) is 12.4. The lowest BCUT2D eigenvalue weighted by Gasteiger charge is -2.39. The topological polar surface area (TPSA) is 49.8 Å². The van der Waals surface area contributed by atoms with Gasteiger partial charge >= 0.3 is 5.97 Å². The van der Waals surface area contributed by atoms with Crippen molar-refractivity contribution >= 4 is 5.97 Å². The van der Waals surface area contributed by atoms with E-state index in [1.165, 1.54) is 0 Å². The fraction of sp³-hybridized carbons (Fsp3) is 0.682. The maximum Gasteiger partial charge on any atom is 0.343 e. The molecule has 0 bridgehead atoms. The monoisotopic (exact) mass is 359 g/mol. The summed E-state index contributed by atoms with van der Waals surface area (Å²) in [4.78, 5) is 15.5. The Morgan fingerprint density at radius 2 is 1.77 bits per heavy atom. The fourth-order valence-electron chi connectivity index (χ4n) is 4.68. The second kappa shape index (κ2) is 8.10. The number of esters is 1. The molecule has 0 heterocycles. The molecule has 0 spiro atoms. The molecular weight excluding hydrogens is 326 g/mol. The van der Waals surface area contributed by atoms with Gasteiger partial charge in [-0.3, -0.25) is 0 Å². The molecule has 4 nitrogen and oxygen atoms in total. The largest absolute Gasteiger partial charge is 0.460 e. The van der Waals surface area contributed by atoms with E-state index in [4.69, 9.17) is 4.74 Å². The Morgan fingerprint density at radius 3 is 2.38 bits per heavy atom. The van der Waals surface area contributed by atoms with Crippen LogP contribution in [0.3, 0.4) is 0 Å². The Morgan fingerprint density at radius 1 is 1.12 bits per heavy atom. The van der Waals surface area contributed by atoms with E-state index < -0.39 is 11.6 Å². The standard InChI is InChI=1S/C22H33NO3/c1-16-13-14-19(23(2)3)15-20(16)26-21(24)22(25,18-11-7-8-12-18)17-9-5-4-6-10-17/h4-6,9-10,16,18-20,25H,7-8,11-15H2,1-3H3/t16?,19?,20-,22-/m0/s1. The van der Waals surface area contributed by atoms with Crippen LogP contribution in [0.4, 0.5) is 0 Å². The SMILES string of the molecule is CC1CCC(N(C)C)C[C@@H]1OC(=O)[C@](O)(c1ccccc1)C1CCCC1. The molecule has 3 rings (SSSR count). The minimum Gasteiger partial charge on any atom is -0.460 e. The first-order valence-electron chi connectivity index (χ1n) is 10.1. The highest BCUT2D eigenvalue weighted by Gasteiger charge is 2.49. The second-order valence-corrected chi connectivity index (χ2v) is 8.47. The molecule has 144 valence electrons. The van der Waals surface area contributed by atoms with Crippen LogP contribution in [0.2, 0.25) is 0 Å². The summed E-state index contributed by atoms with van der Waals surface area (Å²) >= 11 is 0. The smallest absolute Gasteiger partial charge is 0.343 e. The Kier molecular flexibility index (Phi) is 6.03. The van der Waals surface area contributed by atoms with Gasteiger partial charge in [0.1, 0.15) is 6.10 Å². The Labute approximate surface area is 157 Å². The van der Waals surface area contributed by atoms with E-state index in [0.717, 1.165) is 44.9 Å². The lowest BCUT2D eigenvalue weighted by atomic mass is 9.79. The van der Waals surface area contributed by atoms with E-state index in [1.54, 1.807) is 0 Å². The summed E-state index contributed by atoms with van der Waals surface area (Å²) in [6.07, 6.45) is 6.78. The molecule has 2 unspecified atom stereocenters. The van der Waals surface area contributed by atoms with Gasteiger partial charge in [0.15, 0.2) is 5.60 Å². The molecule has 2 fully saturated rings. The molecule has 4 atom stereocenters. The van der Waals surface area contributed by atoms with Crippen molar-refractivity contribution in [2.24, 2.45) is 11.8 Å². The highest BCUT2D eigenvalue weighted by atomic mass is 16.6. The molecule has 0 radical (unpaired) electrons. The van der Waals surface area contributed by atoms with Crippen molar-refractivity contribution in [3.05, 3.63) is 35.9 Å². The van der Waals surface area contributed by atoms with Crippen LogP contribution in [0.1, 0.15) is 57.4 Å². The van der Waals surface area contributed by atoms with E-state index in [0.29, 0.717) is 17.5 Å². The maximum atomic E-state index is 13.3. The van der Waals surface area contributed by atoms with Gasteiger partial charge in [-0.1, -0.05) is 50.1 Å². The van der Waals surface area contributed by atoms with Gasteiger partial charge in [-0.15, -0.1) is 0 Å². The third-order valence-corrected chi connectivity index (χ3v) is 6.55. The maximum absolute atomic E-state index is 13.3. The summed E-state index contributed by atoms with van der Waals surface area (Å²) in [5.74, 6) is -0.174. The van der Waals surface area contributed by atoms with Crippen molar-refractivity contribution in [3.63, 3.8) is 0 Å². The number of hydrogen-bond donors (Lipinski definition) is 1. The Hall–Kier alpha value is -1.39. The van der Waals surface area contributed by atoms with E-state index >= 15 is 0 Å². The van der Waals surface area contributed by atoms with Crippen molar-refractivity contribution in [3.8, 4) is 0 Å². The molecule has 2 aliphatic rings. The molecule has 2 saturated carbocycles. The van der Waals surface area contributed by atoms with Crippen molar-refractivity contribution in [1.29, 1.82) is 0 Å². The molecule has 0 aliphatic heterocycles. The van der Waals surface area contributed by atoms with Crippen molar-refractivity contribution < 1.29 is 14.6 Å². The van der Waals surface area contributed by atoms with Crippen LogP contribution in [0.25, 0.3) is 0 Å². The van der Waals surface area contributed by atoms with Crippen molar-refractivity contribution in [2.45, 2.75) is 69.6 Å². The van der Waals surface area contributed by atoms with Crippen molar-refractivity contribution in [1.82, 2.24) is 4.90 Å². The highest BCUT2D eigenvalue weighted by molar-refractivity contribution is 5.81. The normalized spacial score (nSPS) is 29.5. The van der Waals surface area contributed by atoms with Crippen LogP contribution in [0, 0.1) is 11.8 Å². The van der Waals surface area contributed by atoms with Crippen LogP contribution in [0.5, 0.6) is 0 Å². The number of benzene rings is 1. The number of nitrogens with zero attached hydrogens (tertiary/aromatic N) is 1. The van der Waals surface area contributed by atoms with E-state index in [2.05, 4.69) is 25.9 Å². The average molecular weight is 360 g/mol. The second-order valence-electron chi connectivity index (χ2n) is 8.47. The number of hydrogen-bond acceptors (Lipinski definition) is 4. The summed E-state index contributed by atoms with van der Waals surface area (Å²) in [7, 11) is 4.16. The lowest BCUT2D eigenvalue weighted by molar-refractivity contribution is -0.184. The highest BCUT2D eigenvalue weighted by Crippen LogP contribution is 2.42. The zero-order chi connectivity index (χ0) is 18.7. The summed E-state index contributed by atoms with van der Waals surface area (Å²) in [6, 6.07) is 9.82. The van der Waals surface area contributed by atoms with Crippen LogP contribution in [-0.2, 0) is 15.1 Å². The van der Waals surface area contributed by atoms with Gasteiger partial charge in [0.05, 0.1) is 0 Å². The number of carbonyl (C=O) groups excluding carboxylic acids is 1. The van der Waals surface area contributed by atoms with Gasteiger partial charge in [-0.05, 0) is 51.3 Å². The third-order valence-electron chi connectivity index (χ3n) is 6.55. The van der Waals surface area contributed by atoms with Gasteiger partial charge in [0.2, 0.25) is 0 Å². The molecular formula is C22H33NO3. The van der Waals surface area contributed by atoms with E-state index in [9.17, 15) is 9.90 Å². The quantitative estimate of drug-likeness (QED) is 0.814. The molecule has 0 saturated heterocycles. The fourth-order valence-corrected chi connectivity index (χ4v) is 4.68. The molecule has 1 aromatic carbocycles. The summed E-state index contributed by atoms with van der Waals surface area (Å²) in [5.41, 5.74) is -0.854. The van der Waals surface area contributed by atoms with Crippen molar-refractivity contribution in [2.75, 3.05) is 14.1 Å². The summed E-state index contributed by atoms with van der Waals surface area (Å²) in [6.45, 7) is 2.15. The first kappa shape index (κ1) is 19.4. The van der Waals surface area contributed by atoms with Crippen LogP contribution in [0.15, 0.2) is 30.3 Å². The van der Waals surface area contributed by atoms with Gasteiger partial charge in [-0.2, -0.15) is 0 Å². The summed E-state index contributed by atoms with van der Waals surface area (Å²) < 4.78 is 6.00. The first-order valence-corrected chi connectivity index (χ1v) is 10.1. The Balaban J connectivity index is 1.81. The molecule has 0 aromatic heterocycles. The predicted molar refractivity (Wildman–Crippen MR) is 103 cm³/mol. The van der Waals surface area contributed by atoms with Gasteiger partial charge in [0, 0.05) is 18.4 Å². The van der Waals surface area contributed by atoms with Gasteiger partial charge in [0.25, 0.3) is 0 Å². The molecule has 4 heteroatoms. The molecule has 0 amide bonds. The predicted octanol–water partition coefficient (Wildman–Crippen LogP) is 3.73. The molecule has 1 aromatic rings.